The average Bonchev–Trinajstić information content (AvgIpc) is 3.02. The fraction of sp³-hybridized carbons (Fsp3) is 0.435. The van der Waals surface area contributed by atoms with Crippen LogP contribution >= 0.6 is 12.4 Å². The predicted molar refractivity (Wildman–Crippen MR) is 113 cm³/mol. The molecular formula is C23H29ClN2O. The zero-order valence-electron chi connectivity index (χ0n) is 15.7. The van der Waals surface area contributed by atoms with Crippen LogP contribution in [0.15, 0.2) is 60.7 Å². The SMILES string of the molecule is Cl.O=C(CC1CC2CCC(C1)N2)N(CCc1ccccc1)c1ccccc1. The molecule has 27 heavy (non-hydrogen) atoms. The molecule has 0 aliphatic carbocycles. The summed E-state index contributed by atoms with van der Waals surface area (Å²) in [5, 5.41) is 3.68. The van der Waals surface area contributed by atoms with Crippen molar-refractivity contribution < 1.29 is 4.79 Å². The average molecular weight is 385 g/mol. The van der Waals surface area contributed by atoms with Crippen molar-refractivity contribution in [3.8, 4) is 0 Å². The van der Waals surface area contributed by atoms with Gasteiger partial charge in [-0.25, -0.2) is 0 Å². The van der Waals surface area contributed by atoms with Crippen molar-refractivity contribution in [2.24, 2.45) is 5.92 Å². The van der Waals surface area contributed by atoms with Crippen LogP contribution < -0.4 is 10.2 Å². The van der Waals surface area contributed by atoms with Gasteiger partial charge in [-0.15, -0.1) is 12.4 Å². The number of carbonyl (C=O) groups is 1. The number of piperidine rings is 1. The molecule has 2 aromatic carbocycles. The third-order valence-corrected chi connectivity index (χ3v) is 5.87. The third kappa shape index (κ3) is 5.12. The number of fused-ring (bicyclic) bond motifs is 2. The number of carbonyl (C=O) groups excluding carboxylic acids is 1. The number of nitrogens with one attached hydrogen (secondary N) is 1. The van der Waals surface area contributed by atoms with E-state index >= 15 is 0 Å². The molecule has 0 saturated carbocycles. The van der Waals surface area contributed by atoms with Gasteiger partial charge in [0.05, 0.1) is 0 Å². The van der Waals surface area contributed by atoms with Crippen LogP contribution in [0, 0.1) is 5.92 Å². The molecule has 4 heteroatoms. The fourth-order valence-corrected chi connectivity index (χ4v) is 4.59. The minimum atomic E-state index is 0. The summed E-state index contributed by atoms with van der Waals surface area (Å²) in [6.07, 6.45) is 6.45. The second kappa shape index (κ2) is 9.38. The minimum Gasteiger partial charge on any atom is -0.312 e. The maximum Gasteiger partial charge on any atom is 0.227 e. The Morgan fingerprint density at radius 1 is 0.926 bits per heavy atom. The first-order valence-electron chi connectivity index (χ1n) is 9.93. The van der Waals surface area contributed by atoms with Gasteiger partial charge in [-0.3, -0.25) is 4.79 Å². The van der Waals surface area contributed by atoms with E-state index in [9.17, 15) is 4.79 Å². The molecule has 2 atom stereocenters. The summed E-state index contributed by atoms with van der Waals surface area (Å²) in [5.74, 6) is 0.808. The molecule has 144 valence electrons. The van der Waals surface area contributed by atoms with Crippen molar-refractivity contribution in [1.82, 2.24) is 5.32 Å². The molecular weight excluding hydrogens is 356 g/mol. The Labute approximate surface area is 168 Å². The lowest BCUT2D eigenvalue weighted by Crippen LogP contribution is -2.41. The lowest BCUT2D eigenvalue weighted by molar-refractivity contribution is -0.119. The molecule has 2 saturated heterocycles. The summed E-state index contributed by atoms with van der Waals surface area (Å²) < 4.78 is 0. The minimum absolute atomic E-state index is 0. The highest BCUT2D eigenvalue weighted by Gasteiger charge is 2.34. The number of para-hydroxylation sites is 1. The molecule has 1 N–H and O–H groups in total. The Morgan fingerprint density at radius 3 is 2.15 bits per heavy atom. The molecule has 2 fully saturated rings. The normalized spacial score (nSPS) is 23.5. The Hall–Kier alpha value is -1.84. The van der Waals surface area contributed by atoms with Crippen molar-refractivity contribution >= 4 is 24.0 Å². The number of rotatable bonds is 6. The van der Waals surface area contributed by atoms with Crippen molar-refractivity contribution in [2.45, 2.75) is 50.6 Å². The van der Waals surface area contributed by atoms with Crippen LogP contribution in [-0.2, 0) is 11.2 Å². The smallest absolute Gasteiger partial charge is 0.227 e. The van der Waals surface area contributed by atoms with E-state index in [4.69, 9.17) is 0 Å². The first-order chi connectivity index (χ1) is 12.8. The summed E-state index contributed by atoms with van der Waals surface area (Å²) in [6.45, 7) is 0.741. The number of hydrogen-bond donors (Lipinski definition) is 1. The lowest BCUT2D eigenvalue weighted by atomic mass is 9.89. The number of amides is 1. The summed E-state index contributed by atoms with van der Waals surface area (Å²) in [5.41, 5.74) is 2.30. The van der Waals surface area contributed by atoms with Crippen LogP contribution in [-0.4, -0.2) is 24.5 Å². The van der Waals surface area contributed by atoms with E-state index in [1.165, 1.54) is 18.4 Å². The summed E-state index contributed by atoms with van der Waals surface area (Å²) in [7, 11) is 0. The summed E-state index contributed by atoms with van der Waals surface area (Å²) in [4.78, 5) is 15.2. The molecule has 2 aromatic rings. The Kier molecular flexibility index (Phi) is 6.92. The van der Waals surface area contributed by atoms with Crippen LogP contribution in [0.25, 0.3) is 0 Å². The molecule has 3 nitrogen and oxygen atoms in total. The van der Waals surface area contributed by atoms with E-state index in [0.717, 1.165) is 31.5 Å². The van der Waals surface area contributed by atoms with Gasteiger partial charge in [0.1, 0.15) is 0 Å². The van der Waals surface area contributed by atoms with Gasteiger partial charge in [-0.1, -0.05) is 48.5 Å². The van der Waals surface area contributed by atoms with E-state index < -0.39 is 0 Å². The van der Waals surface area contributed by atoms with Crippen LogP contribution in [0.1, 0.15) is 37.7 Å². The number of nitrogens with zero attached hydrogens (tertiary/aromatic N) is 1. The standard InChI is InChI=1S/C23H28N2O.ClH/c26-23(17-19-15-20-11-12-21(16-19)24-20)25(22-9-5-2-6-10-22)14-13-18-7-3-1-4-8-18;/h1-10,19-21,24H,11-17H2;1H. The van der Waals surface area contributed by atoms with E-state index in [0.29, 0.717) is 24.4 Å². The molecule has 2 unspecified atom stereocenters. The topological polar surface area (TPSA) is 32.3 Å². The van der Waals surface area contributed by atoms with Crippen molar-refractivity contribution in [2.75, 3.05) is 11.4 Å². The van der Waals surface area contributed by atoms with Gasteiger partial charge < -0.3 is 10.2 Å². The lowest BCUT2D eigenvalue weighted by Gasteiger charge is -2.31. The van der Waals surface area contributed by atoms with Crippen LogP contribution in [0.3, 0.4) is 0 Å². The van der Waals surface area contributed by atoms with Crippen LogP contribution in [0.2, 0.25) is 0 Å². The maximum absolute atomic E-state index is 13.2. The van der Waals surface area contributed by atoms with Gasteiger partial charge in [0.15, 0.2) is 0 Å². The quantitative estimate of drug-likeness (QED) is 0.789. The monoisotopic (exact) mass is 384 g/mol. The number of anilines is 1. The number of benzene rings is 2. The molecule has 2 aliphatic heterocycles. The first kappa shape index (κ1) is 19.9. The molecule has 4 rings (SSSR count). The fourth-order valence-electron chi connectivity index (χ4n) is 4.59. The zero-order chi connectivity index (χ0) is 17.8. The largest absolute Gasteiger partial charge is 0.312 e. The van der Waals surface area contributed by atoms with E-state index in [2.05, 4.69) is 41.7 Å². The van der Waals surface area contributed by atoms with E-state index in [-0.39, 0.29) is 18.3 Å². The van der Waals surface area contributed by atoms with Crippen molar-refractivity contribution in [1.29, 1.82) is 0 Å². The van der Waals surface area contributed by atoms with Gasteiger partial charge >= 0.3 is 0 Å². The highest BCUT2D eigenvalue weighted by atomic mass is 35.5. The highest BCUT2D eigenvalue weighted by molar-refractivity contribution is 5.93. The maximum atomic E-state index is 13.2. The highest BCUT2D eigenvalue weighted by Crippen LogP contribution is 2.33. The molecule has 0 spiro atoms. The molecule has 0 aromatic heterocycles. The van der Waals surface area contributed by atoms with Crippen molar-refractivity contribution in [3.63, 3.8) is 0 Å². The second-order valence-electron chi connectivity index (χ2n) is 7.80. The Balaban J connectivity index is 0.00000210. The Morgan fingerprint density at radius 2 is 1.52 bits per heavy atom. The van der Waals surface area contributed by atoms with E-state index in [1.54, 1.807) is 0 Å². The number of halogens is 1. The summed E-state index contributed by atoms with van der Waals surface area (Å²) in [6, 6.07) is 21.9. The summed E-state index contributed by atoms with van der Waals surface area (Å²) >= 11 is 0. The Bertz CT molecular complexity index is 710. The van der Waals surface area contributed by atoms with Gasteiger partial charge in [-0.2, -0.15) is 0 Å². The predicted octanol–water partition coefficient (Wildman–Crippen LogP) is 4.60. The molecule has 2 bridgehead atoms. The molecule has 2 heterocycles. The first-order valence-corrected chi connectivity index (χ1v) is 9.93. The van der Waals surface area contributed by atoms with E-state index in [1.807, 2.05) is 29.2 Å². The van der Waals surface area contributed by atoms with Crippen LogP contribution in [0.4, 0.5) is 5.69 Å². The van der Waals surface area contributed by atoms with Gasteiger partial charge in [-0.05, 0) is 55.7 Å². The van der Waals surface area contributed by atoms with Crippen molar-refractivity contribution in [3.05, 3.63) is 66.2 Å². The zero-order valence-corrected chi connectivity index (χ0v) is 16.5. The van der Waals surface area contributed by atoms with Crippen LogP contribution in [0.5, 0.6) is 0 Å². The van der Waals surface area contributed by atoms with Gasteiger partial charge in [0, 0.05) is 30.7 Å². The number of hydrogen-bond acceptors (Lipinski definition) is 2. The van der Waals surface area contributed by atoms with Gasteiger partial charge in [0.25, 0.3) is 0 Å². The molecule has 1 amide bonds. The third-order valence-electron chi connectivity index (χ3n) is 5.87. The molecule has 2 aliphatic rings. The second-order valence-corrected chi connectivity index (χ2v) is 7.80. The molecule has 0 radical (unpaired) electrons. The van der Waals surface area contributed by atoms with Gasteiger partial charge in [0.2, 0.25) is 5.91 Å².